The smallest absolute Gasteiger partial charge is 0.342 e. The maximum Gasteiger partial charge on any atom is 0.342 e. The number of ether oxygens (including phenoxy) is 12. The van der Waals surface area contributed by atoms with E-state index in [0.717, 1.165) is 29.4 Å². The molecule has 0 atom stereocenters. The van der Waals surface area contributed by atoms with Crippen molar-refractivity contribution in [3.63, 3.8) is 0 Å². The van der Waals surface area contributed by atoms with E-state index >= 15 is 0 Å². The van der Waals surface area contributed by atoms with Gasteiger partial charge in [-0.05, 0) is 124 Å². The fraction of sp³-hybridized carbons (Fsp3) is 0.446. The van der Waals surface area contributed by atoms with Crippen LogP contribution in [0.4, 0.5) is 0 Å². The van der Waals surface area contributed by atoms with Crippen LogP contribution in [-0.2, 0) is 103 Å². The second-order valence-corrected chi connectivity index (χ2v) is 20.4. The van der Waals surface area contributed by atoms with Gasteiger partial charge < -0.3 is 56.8 Å². The van der Waals surface area contributed by atoms with Gasteiger partial charge in [0.25, 0.3) is 0 Å². The van der Waals surface area contributed by atoms with Crippen LogP contribution in [-0.4, -0.2) is 124 Å². The highest BCUT2D eigenvalue weighted by molar-refractivity contribution is 5.94. The van der Waals surface area contributed by atoms with Crippen molar-refractivity contribution >= 4 is 71.6 Å². The Balaban J connectivity index is 1.03. The van der Waals surface area contributed by atoms with E-state index in [9.17, 15) is 57.5 Å². The second kappa shape index (κ2) is 38.6. The van der Waals surface area contributed by atoms with Crippen molar-refractivity contribution in [2.24, 2.45) is 23.7 Å². The predicted octanol–water partition coefficient (Wildman–Crippen LogP) is 7.65. The van der Waals surface area contributed by atoms with Gasteiger partial charge >= 0.3 is 71.6 Å². The summed E-state index contributed by atoms with van der Waals surface area (Å²) in [4.78, 5) is 148. The number of hydrogen-bond acceptors (Lipinski definition) is 24. The molecule has 0 radical (unpaired) electrons. The van der Waals surface area contributed by atoms with E-state index in [1.807, 2.05) is 0 Å². The van der Waals surface area contributed by atoms with E-state index in [-0.39, 0.29) is 115 Å². The van der Waals surface area contributed by atoms with Gasteiger partial charge in [-0.2, -0.15) is 0 Å². The van der Waals surface area contributed by atoms with E-state index in [4.69, 9.17) is 56.8 Å². The van der Waals surface area contributed by atoms with Crippen molar-refractivity contribution in [3.8, 4) is 23.0 Å². The highest BCUT2D eigenvalue weighted by atomic mass is 16.6. The Hall–Kier alpha value is -9.48. The summed E-state index contributed by atoms with van der Waals surface area (Å²) in [5, 5.41) is 0. The first-order valence-electron chi connectivity index (χ1n) is 29.3. The van der Waals surface area contributed by atoms with Gasteiger partial charge in [-0.25, -0.2) is 19.2 Å². The zero-order chi connectivity index (χ0) is 64.3. The molecule has 3 aromatic carbocycles. The molecule has 2 aliphatic carbocycles. The Morgan fingerprint density at radius 1 is 0.348 bits per heavy atom. The van der Waals surface area contributed by atoms with Gasteiger partial charge in [0, 0.05) is 43.9 Å². The van der Waals surface area contributed by atoms with Gasteiger partial charge in [-0.15, -0.1) is 0 Å². The minimum atomic E-state index is -0.877. The first kappa shape index (κ1) is 70.3. The van der Waals surface area contributed by atoms with Crippen LogP contribution >= 0.6 is 0 Å². The van der Waals surface area contributed by atoms with Crippen molar-refractivity contribution in [2.45, 2.75) is 109 Å². The Bertz CT molecular complexity index is 2950. The summed E-state index contributed by atoms with van der Waals surface area (Å²) in [6, 6.07) is 17.3. The molecule has 5 rings (SSSR count). The molecule has 0 aromatic heterocycles. The Morgan fingerprint density at radius 2 is 0.674 bits per heavy atom. The first-order chi connectivity index (χ1) is 42.9. The summed E-state index contributed by atoms with van der Waals surface area (Å²) in [7, 11) is 0. The lowest BCUT2D eigenvalue weighted by molar-refractivity contribution is -0.152. The van der Waals surface area contributed by atoms with Crippen LogP contribution < -0.4 is 18.9 Å². The molecule has 24 heteroatoms. The SMILES string of the molecule is C=CC(=O)OCCCCOC(=O)c1cc(OC(=O)C2CCC(C(=O)Oc3ccc(CCOC(=O)CCCC(=O)OCCOC(=O)C=C)cc3)CC2)ccc1OC(=O)C1CCC(C(=O)Oc2ccc(CCOC(=O)CCC(=O)OCCOC(=O)C=C)cc2)CC1. The normalized spacial score (nSPS) is 15.8. The molecule has 3 aromatic rings. The fourth-order valence-corrected chi connectivity index (χ4v) is 9.02. The van der Waals surface area contributed by atoms with Gasteiger partial charge in [0.15, 0.2) is 0 Å². The fourth-order valence-electron chi connectivity index (χ4n) is 9.02. The minimum Gasteiger partial charge on any atom is -0.465 e. The third kappa shape index (κ3) is 26.6. The van der Waals surface area contributed by atoms with E-state index in [1.54, 1.807) is 48.5 Å². The number of carbonyl (C=O) groups is 12. The van der Waals surface area contributed by atoms with Gasteiger partial charge in [-0.1, -0.05) is 44.0 Å². The molecule has 24 nitrogen and oxygen atoms in total. The summed E-state index contributed by atoms with van der Waals surface area (Å²) in [5.74, 6) is -8.97. The lowest BCUT2D eigenvalue weighted by Gasteiger charge is -2.26. The molecule has 89 heavy (non-hydrogen) atoms. The van der Waals surface area contributed by atoms with Gasteiger partial charge in [0.2, 0.25) is 0 Å². The zero-order valence-corrected chi connectivity index (χ0v) is 49.5. The lowest BCUT2D eigenvalue weighted by Crippen LogP contribution is -2.31. The Morgan fingerprint density at radius 3 is 1.08 bits per heavy atom. The summed E-state index contributed by atoms with van der Waals surface area (Å²) >= 11 is 0. The summed E-state index contributed by atoms with van der Waals surface area (Å²) in [5.41, 5.74) is 1.41. The van der Waals surface area contributed by atoms with Crippen molar-refractivity contribution in [3.05, 3.63) is 121 Å². The highest BCUT2D eigenvalue weighted by Crippen LogP contribution is 2.35. The van der Waals surface area contributed by atoms with E-state index in [2.05, 4.69) is 19.7 Å². The quantitative estimate of drug-likeness (QED) is 0.0177. The molecule has 0 unspecified atom stereocenters. The largest absolute Gasteiger partial charge is 0.465 e. The summed E-state index contributed by atoms with van der Waals surface area (Å²) in [6.07, 6.45) is 6.73. The molecule has 2 fully saturated rings. The average Bonchev–Trinajstić information content (AvgIpc) is 2.27. The van der Waals surface area contributed by atoms with Crippen molar-refractivity contribution in [2.75, 3.05) is 52.9 Å². The zero-order valence-electron chi connectivity index (χ0n) is 49.5. The number of unbranched alkanes of at least 4 members (excludes halogenated alkanes) is 1. The highest BCUT2D eigenvalue weighted by Gasteiger charge is 2.35. The van der Waals surface area contributed by atoms with Gasteiger partial charge in [0.1, 0.15) is 55.0 Å². The van der Waals surface area contributed by atoms with Crippen LogP contribution in [0.3, 0.4) is 0 Å². The molecule has 2 aliphatic rings. The summed E-state index contributed by atoms with van der Waals surface area (Å²) in [6.45, 7) is 9.48. The molecule has 478 valence electrons. The number of carbonyl (C=O) groups excluding carboxylic acids is 12. The van der Waals surface area contributed by atoms with E-state index in [0.29, 0.717) is 75.7 Å². The second-order valence-electron chi connectivity index (χ2n) is 20.4. The standard InChI is InChI=1S/C65H74O24/c1-4-54(66)78-34-7-8-35-85-65(77)52-42-51(88-63(75)47-18-16-45(17-19-47)61(73)86-49-24-12-43(13-25-49)32-36-79-57(69)10-9-11-58(70)83-40-38-81-55(67)5-2)28-29-53(52)89-64(76)48-22-20-46(21-23-48)62(74)87-50-26-14-44(15-27-50)33-37-80-59(71)30-31-60(72)84-41-39-82-56(68)6-3/h4-6,12-15,24-29,42,45-48H,1-3,7-11,16-23,30-41H2. The van der Waals surface area contributed by atoms with Crippen LogP contribution in [0, 0.1) is 23.7 Å². The molecule has 0 bridgehead atoms. The molecule has 0 spiro atoms. The lowest BCUT2D eigenvalue weighted by atomic mass is 9.82. The number of esters is 12. The number of benzene rings is 3. The average molecular weight is 1240 g/mol. The first-order valence-corrected chi connectivity index (χ1v) is 29.3. The number of rotatable bonds is 36. The monoisotopic (exact) mass is 1240 g/mol. The third-order valence-electron chi connectivity index (χ3n) is 14.0. The Labute approximate surface area is 514 Å². The van der Waals surface area contributed by atoms with E-state index < -0.39 is 95.3 Å². The van der Waals surface area contributed by atoms with Crippen LogP contribution in [0.5, 0.6) is 23.0 Å². The van der Waals surface area contributed by atoms with Crippen LogP contribution in [0.2, 0.25) is 0 Å². The Kier molecular flexibility index (Phi) is 30.5. The van der Waals surface area contributed by atoms with Gasteiger partial charge in [0.05, 0.1) is 62.9 Å². The molecular weight excluding hydrogens is 1160 g/mol. The summed E-state index contributed by atoms with van der Waals surface area (Å²) < 4.78 is 63.0. The van der Waals surface area contributed by atoms with Crippen molar-refractivity contribution in [1.29, 1.82) is 0 Å². The van der Waals surface area contributed by atoms with Crippen LogP contribution in [0.15, 0.2) is 105 Å². The third-order valence-corrected chi connectivity index (χ3v) is 14.0. The molecule has 0 aliphatic heterocycles. The minimum absolute atomic E-state index is 0.00859. The predicted molar refractivity (Wildman–Crippen MR) is 310 cm³/mol. The molecule has 0 amide bonds. The number of hydrogen-bond donors (Lipinski definition) is 0. The van der Waals surface area contributed by atoms with Crippen molar-refractivity contribution in [1.82, 2.24) is 0 Å². The molecule has 2 saturated carbocycles. The molecule has 0 N–H and O–H groups in total. The van der Waals surface area contributed by atoms with Gasteiger partial charge in [-0.3, -0.25) is 38.4 Å². The molecule has 0 heterocycles. The topological polar surface area (TPSA) is 316 Å². The molecule has 0 saturated heterocycles. The van der Waals surface area contributed by atoms with Crippen LogP contribution in [0.1, 0.15) is 118 Å². The van der Waals surface area contributed by atoms with Crippen LogP contribution in [0.25, 0.3) is 0 Å². The maximum absolute atomic E-state index is 13.6. The maximum atomic E-state index is 13.6. The van der Waals surface area contributed by atoms with E-state index in [1.165, 1.54) is 18.2 Å². The van der Waals surface area contributed by atoms with Crippen molar-refractivity contribution < 1.29 is 114 Å². The molecular formula is C65H74O24.